The van der Waals surface area contributed by atoms with E-state index in [0.29, 0.717) is 27.4 Å². The van der Waals surface area contributed by atoms with Crippen LogP contribution in [0.5, 0.6) is 0 Å². The van der Waals surface area contributed by atoms with Crippen LogP contribution in [0.3, 0.4) is 0 Å². The number of Topliss-reactive ketones (excluding diaryl/α,β-unsaturated/α-hetero) is 1. The lowest BCUT2D eigenvalue weighted by Crippen LogP contribution is -2.27. The molecule has 6 nitrogen and oxygen atoms in total. The van der Waals surface area contributed by atoms with Crippen molar-refractivity contribution in [1.82, 2.24) is 4.57 Å². The van der Waals surface area contributed by atoms with Crippen molar-refractivity contribution in [3.63, 3.8) is 0 Å². The van der Waals surface area contributed by atoms with Crippen molar-refractivity contribution < 1.29 is 22.7 Å². The predicted molar refractivity (Wildman–Crippen MR) is 107 cm³/mol. The highest BCUT2D eigenvalue weighted by atomic mass is 79.9. The minimum Gasteiger partial charge on any atom is -0.443 e. The van der Waals surface area contributed by atoms with Crippen LogP contribution in [0.15, 0.2) is 22.8 Å². The summed E-state index contributed by atoms with van der Waals surface area (Å²) in [7, 11) is -3.09. The quantitative estimate of drug-likeness (QED) is 0.630. The topological polar surface area (TPSA) is 82.4 Å². The fourth-order valence-electron chi connectivity index (χ4n) is 3.44. The van der Waals surface area contributed by atoms with E-state index in [9.17, 15) is 18.0 Å². The summed E-state index contributed by atoms with van der Waals surface area (Å²) < 4.78 is 31.5. The van der Waals surface area contributed by atoms with Gasteiger partial charge < -0.3 is 4.74 Å². The van der Waals surface area contributed by atoms with Gasteiger partial charge in [0.2, 0.25) is 0 Å². The molecule has 0 aliphatic carbocycles. The molecule has 0 spiro atoms. The molecule has 0 radical (unpaired) electrons. The predicted octanol–water partition coefficient (Wildman–Crippen LogP) is 4.29. The molecule has 1 fully saturated rings. The van der Waals surface area contributed by atoms with E-state index < -0.39 is 21.5 Å². The minimum atomic E-state index is -3.09. The third-order valence-electron chi connectivity index (χ3n) is 4.54. The Morgan fingerprint density at radius 2 is 1.93 bits per heavy atom. The van der Waals surface area contributed by atoms with Gasteiger partial charge in [-0.1, -0.05) is 15.9 Å². The van der Waals surface area contributed by atoms with Crippen LogP contribution in [0.25, 0.3) is 10.9 Å². The van der Waals surface area contributed by atoms with Gasteiger partial charge >= 0.3 is 6.09 Å². The summed E-state index contributed by atoms with van der Waals surface area (Å²) in [5, 5.41) is 0.697. The van der Waals surface area contributed by atoms with Gasteiger partial charge in [0.25, 0.3) is 0 Å². The van der Waals surface area contributed by atoms with Crippen LogP contribution >= 0.6 is 15.9 Å². The second-order valence-electron chi connectivity index (χ2n) is 7.94. The van der Waals surface area contributed by atoms with Gasteiger partial charge in [-0.05, 0) is 51.8 Å². The number of aromatic nitrogens is 1. The Morgan fingerprint density at radius 3 is 2.44 bits per heavy atom. The highest BCUT2D eigenvalue weighted by Gasteiger charge is 2.33. The van der Waals surface area contributed by atoms with E-state index in [4.69, 9.17) is 4.74 Å². The van der Waals surface area contributed by atoms with Crippen molar-refractivity contribution in [2.45, 2.75) is 45.6 Å². The first-order valence-electron chi connectivity index (χ1n) is 8.67. The van der Waals surface area contributed by atoms with E-state index in [1.807, 2.05) is 6.07 Å². The summed E-state index contributed by atoms with van der Waals surface area (Å²) in [4.78, 5) is 25.0. The van der Waals surface area contributed by atoms with Gasteiger partial charge in [0, 0.05) is 27.5 Å². The number of carbonyl (C=O) groups is 2. The number of halogens is 1. The van der Waals surface area contributed by atoms with E-state index in [1.54, 1.807) is 33.0 Å². The standard InChI is InChI=1S/C19H22BrNO5S/c1-11(22)14-7-13(20)8-15-16(12-5-6-27(24,25)10-12)9-21(17(14)15)18(23)26-19(2,3)4/h7-9,12H,5-6,10H2,1-4H3. The van der Waals surface area contributed by atoms with Gasteiger partial charge in [-0.25, -0.2) is 13.2 Å². The molecule has 146 valence electrons. The first kappa shape index (κ1) is 20.1. The second kappa shape index (κ2) is 6.74. The maximum Gasteiger partial charge on any atom is 0.419 e. The van der Waals surface area contributed by atoms with Crippen LogP contribution in [0.2, 0.25) is 0 Å². The Kier molecular flexibility index (Phi) is 5.01. The molecule has 2 heterocycles. The SMILES string of the molecule is CC(=O)c1cc(Br)cc2c(C3CCS(=O)(=O)C3)cn(C(=O)OC(C)(C)C)c12. The first-order valence-corrected chi connectivity index (χ1v) is 11.3. The average Bonchev–Trinajstić information content (AvgIpc) is 3.04. The van der Waals surface area contributed by atoms with E-state index in [2.05, 4.69) is 15.9 Å². The number of hydrogen-bond donors (Lipinski definition) is 0. The lowest BCUT2D eigenvalue weighted by Gasteiger charge is -2.20. The molecule has 0 saturated carbocycles. The number of benzene rings is 1. The molecule has 1 aliphatic heterocycles. The molecule has 1 aromatic carbocycles. The zero-order valence-corrected chi connectivity index (χ0v) is 18.1. The zero-order valence-electron chi connectivity index (χ0n) is 15.7. The van der Waals surface area contributed by atoms with Crippen LogP contribution in [-0.2, 0) is 14.6 Å². The Morgan fingerprint density at radius 1 is 1.26 bits per heavy atom. The minimum absolute atomic E-state index is 0.0440. The summed E-state index contributed by atoms with van der Waals surface area (Å²) in [5.41, 5.74) is 0.897. The van der Waals surface area contributed by atoms with Gasteiger partial charge in [0.15, 0.2) is 15.6 Å². The van der Waals surface area contributed by atoms with Gasteiger partial charge in [0.05, 0.1) is 17.0 Å². The molecule has 1 aromatic heterocycles. The Hall–Kier alpha value is -1.67. The van der Waals surface area contributed by atoms with Crippen LogP contribution in [-0.4, -0.2) is 42.0 Å². The number of hydrogen-bond acceptors (Lipinski definition) is 5. The van der Waals surface area contributed by atoms with E-state index in [1.165, 1.54) is 11.5 Å². The van der Waals surface area contributed by atoms with Gasteiger partial charge in [-0.3, -0.25) is 9.36 Å². The number of fused-ring (bicyclic) bond motifs is 1. The van der Waals surface area contributed by atoms with Crippen LogP contribution in [0, 0.1) is 0 Å². The fourth-order valence-corrected chi connectivity index (χ4v) is 5.67. The maximum absolute atomic E-state index is 12.8. The Bertz CT molecular complexity index is 1050. The van der Waals surface area contributed by atoms with Crippen molar-refractivity contribution in [3.8, 4) is 0 Å². The number of nitrogens with zero attached hydrogens (tertiary/aromatic N) is 1. The second-order valence-corrected chi connectivity index (χ2v) is 11.1. The van der Waals surface area contributed by atoms with Crippen molar-refractivity contribution >= 4 is 48.5 Å². The number of carbonyl (C=O) groups excluding carboxylic acids is 2. The molecule has 0 N–H and O–H groups in total. The third kappa shape index (κ3) is 4.11. The zero-order chi connectivity index (χ0) is 20.1. The van der Waals surface area contributed by atoms with E-state index in [0.717, 1.165) is 5.56 Å². The fraction of sp³-hybridized carbons (Fsp3) is 0.474. The number of sulfone groups is 1. The normalized spacial score (nSPS) is 19.4. The number of ether oxygens (including phenoxy) is 1. The number of ketones is 1. The smallest absolute Gasteiger partial charge is 0.419 e. The highest BCUT2D eigenvalue weighted by molar-refractivity contribution is 9.10. The molecule has 1 unspecified atom stereocenters. The average molecular weight is 456 g/mol. The molecule has 27 heavy (non-hydrogen) atoms. The first-order chi connectivity index (χ1) is 12.4. The number of rotatable bonds is 2. The van der Waals surface area contributed by atoms with Crippen LogP contribution in [0.4, 0.5) is 4.79 Å². The lowest BCUT2D eigenvalue weighted by molar-refractivity contribution is 0.0544. The van der Waals surface area contributed by atoms with Crippen molar-refractivity contribution in [2.24, 2.45) is 0 Å². The molecule has 3 rings (SSSR count). The third-order valence-corrected chi connectivity index (χ3v) is 6.76. The van der Waals surface area contributed by atoms with Crippen molar-refractivity contribution in [2.75, 3.05) is 11.5 Å². The summed E-state index contributed by atoms with van der Waals surface area (Å²) in [6, 6.07) is 3.49. The molecular formula is C19H22BrNO5S. The molecule has 1 atom stereocenters. The van der Waals surface area contributed by atoms with Gasteiger partial charge in [0.1, 0.15) is 5.60 Å². The molecule has 1 saturated heterocycles. The van der Waals surface area contributed by atoms with Crippen molar-refractivity contribution in [1.29, 1.82) is 0 Å². The summed E-state index contributed by atoms with van der Waals surface area (Å²) in [5.74, 6) is -0.225. The monoisotopic (exact) mass is 455 g/mol. The van der Waals surface area contributed by atoms with E-state index >= 15 is 0 Å². The molecular weight excluding hydrogens is 434 g/mol. The Balaban J connectivity index is 2.26. The molecule has 2 aromatic rings. The van der Waals surface area contributed by atoms with Crippen molar-refractivity contribution in [3.05, 3.63) is 33.9 Å². The maximum atomic E-state index is 12.8. The summed E-state index contributed by atoms with van der Waals surface area (Å²) in [6.07, 6.45) is 1.53. The molecule has 0 bridgehead atoms. The van der Waals surface area contributed by atoms with Gasteiger partial charge in [-0.2, -0.15) is 0 Å². The summed E-state index contributed by atoms with van der Waals surface area (Å²) >= 11 is 3.42. The van der Waals surface area contributed by atoms with Crippen LogP contribution < -0.4 is 0 Å². The molecule has 1 aliphatic rings. The molecule has 0 amide bonds. The van der Waals surface area contributed by atoms with E-state index in [-0.39, 0.29) is 23.2 Å². The summed E-state index contributed by atoms with van der Waals surface area (Å²) in [6.45, 7) is 6.74. The molecule has 8 heteroatoms. The highest BCUT2D eigenvalue weighted by Crippen LogP contribution is 2.38. The van der Waals surface area contributed by atoms with Crippen LogP contribution in [0.1, 0.15) is 56.0 Å². The Labute approximate surface area is 166 Å². The lowest BCUT2D eigenvalue weighted by atomic mass is 9.97. The largest absolute Gasteiger partial charge is 0.443 e. The van der Waals surface area contributed by atoms with Gasteiger partial charge in [-0.15, -0.1) is 0 Å².